The minimum Gasteiger partial charge on any atom is -0.397 e. The van der Waals surface area contributed by atoms with Gasteiger partial charge >= 0.3 is 0 Å². The molecular formula is C18H13FN6O. The highest BCUT2D eigenvalue weighted by atomic mass is 19.1. The lowest BCUT2D eigenvalue weighted by Crippen LogP contribution is -2.27. The lowest BCUT2D eigenvalue weighted by Gasteiger charge is -2.10. The van der Waals surface area contributed by atoms with Gasteiger partial charge in [0.05, 0.1) is 23.8 Å². The van der Waals surface area contributed by atoms with Crippen LogP contribution in [0.15, 0.2) is 60.3 Å². The number of carbonyl (C=O) groups excluding carboxylic acids is 1. The predicted octanol–water partition coefficient (Wildman–Crippen LogP) is 1.83. The predicted molar refractivity (Wildman–Crippen MR) is 91.4 cm³/mol. The molecule has 1 amide bonds. The Kier molecular flexibility index (Phi) is 4.80. The molecule has 0 unspecified atom stereocenters. The van der Waals surface area contributed by atoms with Crippen molar-refractivity contribution in [1.82, 2.24) is 20.3 Å². The number of amides is 1. The van der Waals surface area contributed by atoms with Gasteiger partial charge < -0.3 is 11.1 Å². The molecule has 2 aromatic heterocycles. The summed E-state index contributed by atoms with van der Waals surface area (Å²) in [5.41, 5.74) is 8.39. The zero-order chi connectivity index (χ0) is 18.5. The van der Waals surface area contributed by atoms with E-state index < -0.39 is 11.9 Å². The minimum absolute atomic E-state index is 0.0518. The van der Waals surface area contributed by atoms with Crippen molar-refractivity contribution in [3.8, 4) is 6.07 Å². The summed E-state index contributed by atoms with van der Waals surface area (Å²) in [6, 6.07) is 4.69. The van der Waals surface area contributed by atoms with Crippen molar-refractivity contribution < 1.29 is 9.18 Å². The number of carbonyl (C=O) groups is 1. The largest absolute Gasteiger partial charge is 0.397 e. The number of hydrogen-bond acceptors (Lipinski definition) is 6. The Morgan fingerprint density at radius 1 is 1.19 bits per heavy atom. The van der Waals surface area contributed by atoms with Crippen molar-refractivity contribution in [2.75, 3.05) is 0 Å². The molecule has 1 aliphatic rings. The second-order valence-electron chi connectivity index (χ2n) is 5.34. The number of halogens is 1. The van der Waals surface area contributed by atoms with Crippen LogP contribution in [0.1, 0.15) is 28.2 Å². The van der Waals surface area contributed by atoms with Crippen LogP contribution in [0.25, 0.3) is 5.57 Å². The van der Waals surface area contributed by atoms with E-state index in [-0.39, 0.29) is 11.4 Å². The first kappa shape index (κ1) is 17.0. The highest BCUT2D eigenvalue weighted by Crippen LogP contribution is 2.22. The maximum Gasteiger partial charge on any atom is 0.275 e. The van der Waals surface area contributed by atoms with E-state index in [1.165, 1.54) is 24.7 Å². The number of rotatable bonds is 3. The van der Waals surface area contributed by atoms with E-state index >= 15 is 0 Å². The van der Waals surface area contributed by atoms with Gasteiger partial charge in [0.2, 0.25) is 5.95 Å². The molecule has 8 heteroatoms. The molecule has 3 N–H and O–H groups in total. The molecule has 0 aromatic carbocycles. The van der Waals surface area contributed by atoms with Gasteiger partial charge in [-0.2, -0.15) is 9.65 Å². The second-order valence-corrected chi connectivity index (χ2v) is 5.34. The second kappa shape index (κ2) is 7.36. The Balaban J connectivity index is 1.85. The maximum absolute atomic E-state index is 13.0. The SMILES string of the molecule is N#Cc1cnc(C(=O)NC2=CC(c3ccc(F)nc3)=CCC=C2N)cn1. The van der Waals surface area contributed by atoms with Gasteiger partial charge in [-0.25, -0.2) is 15.0 Å². The molecule has 128 valence electrons. The summed E-state index contributed by atoms with van der Waals surface area (Å²) >= 11 is 0. The molecule has 0 atom stereocenters. The lowest BCUT2D eigenvalue weighted by molar-refractivity contribution is 0.0961. The molecule has 1 aliphatic carbocycles. The zero-order valence-corrected chi connectivity index (χ0v) is 13.5. The van der Waals surface area contributed by atoms with Gasteiger partial charge in [0.1, 0.15) is 11.8 Å². The summed E-state index contributed by atoms with van der Waals surface area (Å²) in [6.45, 7) is 0. The van der Waals surface area contributed by atoms with Crippen LogP contribution in [-0.2, 0) is 0 Å². The number of nitriles is 1. The van der Waals surface area contributed by atoms with Gasteiger partial charge in [-0.15, -0.1) is 0 Å². The van der Waals surface area contributed by atoms with Crippen LogP contribution in [0.4, 0.5) is 4.39 Å². The van der Waals surface area contributed by atoms with Crippen molar-refractivity contribution in [2.24, 2.45) is 5.73 Å². The summed E-state index contributed by atoms with van der Waals surface area (Å²) in [5, 5.41) is 11.4. The fourth-order valence-electron chi connectivity index (χ4n) is 2.27. The fourth-order valence-corrected chi connectivity index (χ4v) is 2.27. The van der Waals surface area contributed by atoms with Crippen LogP contribution in [0.3, 0.4) is 0 Å². The van der Waals surface area contributed by atoms with Crippen LogP contribution < -0.4 is 11.1 Å². The average Bonchev–Trinajstić information content (AvgIpc) is 2.84. The van der Waals surface area contributed by atoms with Crippen molar-refractivity contribution in [3.05, 3.63) is 83.2 Å². The minimum atomic E-state index is -0.572. The number of nitrogens with one attached hydrogen (secondary N) is 1. The van der Waals surface area contributed by atoms with Crippen LogP contribution in [-0.4, -0.2) is 20.9 Å². The summed E-state index contributed by atoms with van der Waals surface area (Å²) < 4.78 is 13.0. The number of aromatic nitrogens is 3. The smallest absolute Gasteiger partial charge is 0.275 e. The highest BCUT2D eigenvalue weighted by molar-refractivity contribution is 5.94. The summed E-state index contributed by atoms with van der Waals surface area (Å²) in [5.74, 6) is -1.08. The van der Waals surface area contributed by atoms with Crippen LogP contribution >= 0.6 is 0 Å². The first-order chi connectivity index (χ1) is 12.6. The van der Waals surface area contributed by atoms with E-state index in [9.17, 15) is 9.18 Å². The van der Waals surface area contributed by atoms with Gasteiger partial charge in [0.25, 0.3) is 5.91 Å². The van der Waals surface area contributed by atoms with Crippen LogP contribution in [0.5, 0.6) is 0 Å². The number of allylic oxidation sites excluding steroid dienone is 4. The van der Waals surface area contributed by atoms with Gasteiger partial charge in [0, 0.05) is 6.20 Å². The Labute approximate surface area is 148 Å². The molecule has 26 heavy (non-hydrogen) atoms. The number of nitrogens with two attached hydrogens (primary N) is 1. The molecule has 0 fully saturated rings. The summed E-state index contributed by atoms with van der Waals surface area (Å²) in [7, 11) is 0. The van der Waals surface area contributed by atoms with Crippen molar-refractivity contribution in [1.29, 1.82) is 5.26 Å². The van der Waals surface area contributed by atoms with E-state index in [1.54, 1.807) is 18.2 Å². The lowest BCUT2D eigenvalue weighted by atomic mass is 10.1. The quantitative estimate of drug-likeness (QED) is 0.817. The molecule has 7 nitrogen and oxygen atoms in total. The normalized spacial score (nSPS) is 13.6. The molecule has 0 saturated heterocycles. The topological polar surface area (TPSA) is 118 Å². The van der Waals surface area contributed by atoms with Gasteiger partial charge in [0.15, 0.2) is 5.69 Å². The number of nitrogens with zero attached hydrogens (tertiary/aromatic N) is 4. The third kappa shape index (κ3) is 3.79. The van der Waals surface area contributed by atoms with E-state index in [0.29, 0.717) is 23.4 Å². The molecule has 0 spiro atoms. The maximum atomic E-state index is 13.0. The van der Waals surface area contributed by atoms with E-state index in [4.69, 9.17) is 11.0 Å². The van der Waals surface area contributed by atoms with Gasteiger partial charge in [-0.3, -0.25) is 4.79 Å². The Bertz CT molecular complexity index is 968. The number of hydrogen-bond donors (Lipinski definition) is 2. The van der Waals surface area contributed by atoms with E-state index in [2.05, 4.69) is 20.3 Å². The molecule has 0 radical (unpaired) electrons. The molecule has 0 saturated carbocycles. The highest BCUT2D eigenvalue weighted by Gasteiger charge is 2.14. The van der Waals surface area contributed by atoms with Crippen molar-refractivity contribution >= 4 is 11.5 Å². The van der Waals surface area contributed by atoms with Crippen molar-refractivity contribution in [3.63, 3.8) is 0 Å². The zero-order valence-electron chi connectivity index (χ0n) is 13.5. The Morgan fingerprint density at radius 3 is 2.69 bits per heavy atom. The monoisotopic (exact) mass is 348 g/mol. The molecule has 3 rings (SSSR count). The van der Waals surface area contributed by atoms with E-state index in [0.717, 1.165) is 5.57 Å². The summed E-state index contributed by atoms with van der Waals surface area (Å²) in [4.78, 5) is 23.7. The molecule has 0 aliphatic heterocycles. The molecular weight excluding hydrogens is 335 g/mol. The van der Waals surface area contributed by atoms with Crippen LogP contribution in [0.2, 0.25) is 0 Å². The average molecular weight is 348 g/mol. The molecule has 2 aromatic rings. The molecule has 0 bridgehead atoms. The standard InChI is InChI=1S/C18H13FN6O/c19-17-5-4-12(8-24-17)11-2-1-3-14(21)15(6-11)25-18(26)16-10-22-13(7-20)9-23-16/h2-6,8-10H,1,21H2,(H,25,26). The van der Waals surface area contributed by atoms with Gasteiger partial charge in [-0.1, -0.05) is 12.2 Å². The summed E-state index contributed by atoms with van der Waals surface area (Å²) in [6.07, 6.45) is 9.71. The third-order valence-corrected chi connectivity index (χ3v) is 3.59. The molecule has 2 heterocycles. The van der Waals surface area contributed by atoms with Crippen LogP contribution in [0, 0.1) is 17.3 Å². The van der Waals surface area contributed by atoms with Crippen molar-refractivity contribution in [2.45, 2.75) is 6.42 Å². The number of pyridine rings is 1. The first-order valence-electron chi connectivity index (χ1n) is 7.60. The van der Waals surface area contributed by atoms with E-state index in [1.807, 2.05) is 12.1 Å². The fraction of sp³-hybridized carbons (Fsp3) is 0.0556. The third-order valence-electron chi connectivity index (χ3n) is 3.59. The Morgan fingerprint density at radius 2 is 2.04 bits per heavy atom. The Hall–Kier alpha value is -3.86. The first-order valence-corrected chi connectivity index (χ1v) is 7.60. The van der Waals surface area contributed by atoms with Gasteiger partial charge in [-0.05, 0) is 35.8 Å².